The average molecular weight is 251 g/mol. The molecule has 3 fully saturated rings. The van der Waals surface area contributed by atoms with Gasteiger partial charge in [0.2, 0.25) is 0 Å². The fourth-order valence-corrected chi connectivity index (χ4v) is 3.93. The number of nitrogens with one attached hydrogen (secondary N) is 1. The van der Waals surface area contributed by atoms with E-state index < -0.39 is 0 Å². The average Bonchev–Trinajstić information content (AvgIpc) is 2.38. The van der Waals surface area contributed by atoms with Crippen LogP contribution < -0.4 is 5.32 Å². The van der Waals surface area contributed by atoms with E-state index >= 15 is 0 Å². The van der Waals surface area contributed by atoms with E-state index in [0.29, 0.717) is 17.2 Å². The van der Waals surface area contributed by atoms with Gasteiger partial charge in [0.05, 0.1) is 0 Å². The Morgan fingerprint density at radius 3 is 1.89 bits per heavy atom. The first kappa shape index (κ1) is 14.0. The van der Waals surface area contributed by atoms with Gasteiger partial charge in [-0.05, 0) is 43.9 Å². The molecule has 0 saturated heterocycles. The molecule has 0 radical (unpaired) electrons. The summed E-state index contributed by atoms with van der Waals surface area (Å²) >= 11 is 0. The second-order valence-electron chi connectivity index (χ2n) is 7.33. The summed E-state index contributed by atoms with van der Waals surface area (Å²) in [6.07, 6.45) is 7.19. The lowest BCUT2D eigenvalue weighted by Gasteiger charge is -2.53. The largest absolute Gasteiger partial charge is 0.314 e. The van der Waals surface area contributed by atoms with Gasteiger partial charge in [0.15, 0.2) is 0 Å². The molecule has 2 nitrogen and oxygen atoms in total. The Hall–Kier alpha value is -0.370. The minimum Gasteiger partial charge on any atom is -0.314 e. The molecule has 0 atom stereocenters. The van der Waals surface area contributed by atoms with E-state index in [1.54, 1.807) is 0 Å². The Kier molecular flexibility index (Phi) is 3.87. The molecule has 3 saturated carbocycles. The summed E-state index contributed by atoms with van der Waals surface area (Å²) in [6, 6.07) is 0.574. The van der Waals surface area contributed by atoms with Crippen LogP contribution in [0.15, 0.2) is 0 Å². The minimum absolute atomic E-state index is 0.0632. The lowest BCUT2D eigenvalue weighted by Crippen LogP contribution is -2.51. The highest BCUT2D eigenvalue weighted by atomic mass is 16.1. The zero-order valence-electron chi connectivity index (χ0n) is 12.5. The molecule has 0 spiro atoms. The highest BCUT2D eigenvalue weighted by Gasteiger charge is 2.52. The molecule has 3 aliphatic rings. The molecular formula is C16H29NO. The van der Waals surface area contributed by atoms with E-state index in [0.717, 1.165) is 25.8 Å². The number of Topliss-reactive ketones (excluding diaryl/α,β-unsaturated/α-hetero) is 1. The summed E-state index contributed by atoms with van der Waals surface area (Å²) in [6.45, 7) is 9.71. The van der Waals surface area contributed by atoms with Gasteiger partial charge in [-0.15, -0.1) is 0 Å². The molecule has 0 heterocycles. The van der Waals surface area contributed by atoms with Crippen LogP contribution in [0.2, 0.25) is 0 Å². The molecule has 0 aliphatic heterocycles. The molecule has 18 heavy (non-hydrogen) atoms. The normalized spacial score (nSPS) is 35.4. The first-order valence-corrected chi connectivity index (χ1v) is 7.67. The molecule has 3 rings (SSSR count). The topological polar surface area (TPSA) is 29.1 Å². The van der Waals surface area contributed by atoms with Gasteiger partial charge in [0.25, 0.3) is 0 Å². The summed E-state index contributed by atoms with van der Waals surface area (Å²) in [5.74, 6) is 0.747. The first-order valence-electron chi connectivity index (χ1n) is 7.67. The Balaban J connectivity index is 1.99. The number of hydrogen-bond acceptors (Lipinski definition) is 2. The summed E-state index contributed by atoms with van der Waals surface area (Å²) in [7, 11) is 0. The molecule has 0 aromatic heterocycles. The molecule has 104 valence electrons. The van der Waals surface area contributed by atoms with Gasteiger partial charge in [0, 0.05) is 23.9 Å². The van der Waals surface area contributed by atoms with Crippen molar-refractivity contribution >= 4 is 5.78 Å². The van der Waals surface area contributed by atoms with Crippen molar-refractivity contribution in [1.82, 2.24) is 5.32 Å². The fraction of sp³-hybridized carbons (Fsp3) is 0.938. The van der Waals surface area contributed by atoms with Crippen LogP contribution in [0.4, 0.5) is 0 Å². The van der Waals surface area contributed by atoms with E-state index in [2.05, 4.69) is 33.0 Å². The Morgan fingerprint density at radius 2 is 1.50 bits per heavy atom. The highest BCUT2D eigenvalue weighted by Crippen LogP contribution is 2.57. The second kappa shape index (κ2) is 4.96. The number of carbonyl (C=O) groups is 1. The van der Waals surface area contributed by atoms with E-state index in [1.807, 2.05) is 0 Å². The van der Waals surface area contributed by atoms with Crippen molar-refractivity contribution < 1.29 is 4.79 Å². The summed E-state index contributed by atoms with van der Waals surface area (Å²) in [4.78, 5) is 12.4. The Bertz CT molecular complexity index is 295. The Morgan fingerprint density at radius 1 is 1.00 bits per heavy atom. The number of hydrogen-bond donors (Lipinski definition) is 1. The summed E-state index contributed by atoms with van der Waals surface area (Å²) < 4.78 is 0. The number of ketones is 1. The van der Waals surface area contributed by atoms with E-state index in [9.17, 15) is 4.79 Å². The maximum Gasteiger partial charge on any atom is 0.141 e. The zero-order chi connectivity index (χ0) is 13.4. The van der Waals surface area contributed by atoms with Crippen LogP contribution in [0, 0.1) is 16.7 Å². The maximum absolute atomic E-state index is 12.4. The number of rotatable bonds is 5. The van der Waals surface area contributed by atoms with Crippen molar-refractivity contribution in [2.45, 2.75) is 72.3 Å². The quantitative estimate of drug-likeness (QED) is 0.809. The van der Waals surface area contributed by atoms with Gasteiger partial charge in [-0.2, -0.15) is 0 Å². The predicted molar refractivity (Wildman–Crippen MR) is 75.6 cm³/mol. The number of carbonyl (C=O) groups excluding carboxylic acids is 1. The highest BCUT2D eigenvalue weighted by molar-refractivity contribution is 5.86. The number of fused-ring (bicyclic) bond motifs is 3. The molecule has 0 aromatic carbocycles. The van der Waals surface area contributed by atoms with Gasteiger partial charge in [0.1, 0.15) is 5.78 Å². The lowest BCUT2D eigenvalue weighted by atomic mass is 9.51. The molecule has 1 N–H and O–H groups in total. The van der Waals surface area contributed by atoms with E-state index in [4.69, 9.17) is 0 Å². The van der Waals surface area contributed by atoms with Crippen LogP contribution in [0.1, 0.15) is 66.2 Å². The zero-order valence-corrected chi connectivity index (χ0v) is 12.5. The second-order valence-corrected chi connectivity index (χ2v) is 7.33. The maximum atomic E-state index is 12.4. The van der Waals surface area contributed by atoms with Gasteiger partial charge < -0.3 is 5.32 Å². The lowest BCUT2D eigenvalue weighted by molar-refractivity contribution is -0.141. The first-order chi connectivity index (χ1) is 8.39. The SMILES string of the molecule is CC(C)NCC12CCC(C(=O)C(C)C)(CC1)CC2. The predicted octanol–water partition coefficient (Wildman–Crippen LogP) is 3.55. The van der Waals surface area contributed by atoms with Crippen molar-refractivity contribution in [1.29, 1.82) is 0 Å². The molecule has 0 amide bonds. The fourth-order valence-electron chi connectivity index (χ4n) is 3.93. The third-order valence-electron chi connectivity index (χ3n) is 5.33. The molecule has 2 heteroatoms. The van der Waals surface area contributed by atoms with Crippen molar-refractivity contribution in [3.63, 3.8) is 0 Å². The van der Waals surface area contributed by atoms with E-state index in [1.165, 1.54) is 19.3 Å². The van der Waals surface area contributed by atoms with Gasteiger partial charge in [-0.3, -0.25) is 4.79 Å². The summed E-state index contributed by atoms with van der Waals surface area (Å²) in [5, 5.41) is 3.61. The monoisotopic (exact) mass is 251 g/mol. The summed E-state index contributed by atoms with van der Waals surface area (Å²) in [5.41, 5.74) is 0.566. The van der Waals surface area contributed by atoms with Crippen LogP contribution in [0.3, 0.4) is 0 Å². The van der Waals surface area contributed by atoms with Crippen LogP contribution in [0.5, 0.6) is 0 Å². The van der Waals surface area contributed by atoms with Crippen LogP contribution in [-0.2, 0) is 4.79 Å². The van der Waals surface area contributed by atoms with E-state index in [-0.39, 0.29) is 11.3 Å². The van der Waals surface area contributed by atoms with Gasteiger partial charge >= 0.3 is 0 Å². The van der Waals surface area contributed by atoms with Gasteiger partial charge in [-0.25, -0.2) is 0 Å². The molecule has 0 aromatic rings. The van der Waals surface area contributed by atoms with Crippen molar-refractivity contribution in [3.05, 3.63) is 0 Å². The molecular weight excluding hydrogens is 222 g/mol. The van der Waals surface area contributed by atoms with Crippen LogP contribution in [0.25, 0.3) is 0 Å². The van der Waals surface area contributed by atoms with Gasteiger partial charge in [-0.1, -0.05) is 27.7 Å². The van der Waals surface area contributed by atoms with Crippen LogP contribution in [-0.4, -0.2) is 18.4 Å². The molecule has 2 bridgehead atoms. The smallest absolute Gasteiger partial charge is 0.141 e. The third kappa shape index (κ3) is 2.49. The van der Waals surface area contributed by atoms with Crippen molar-refractivity contribution in [2.75, 3.05) is 6.54 Å². The van der Waals surface area contributed by atoms with Crippen molar-refractivity contribution in [3.8, 4) is 0 Å². The standard InChI is InChI=1S/C16H29NO/c1-12(2)14(18)16-8-5-15(6-9-16,7-10-16)11-17-13(3)4/h12-13,17H,5-11H2,1-4H3. The molecule has 0 unspecified atom stereocenters. The van der Waals surface area contributed by atoms with Crippen molar-refractivity contribution in [2.24, 2.45) is 16.7 Å². The van der Waals surface area contributed by atoms with Crippen LogP contribution >= 0.6 is 0 Å². The minimum atomic E-state index is 0.0632. The Labute approximate surface area is 112 Å². The third-order valence-corrected chi connectivity index (χ3v) is 5.33. The molecule has 3 aliphatic carbocycles.